The summed E-state index contributed by atoms with van der Waals surface area (Å²) in [5.74, 6) is 1.21. The topological polar surface area (TPSA) is 78.9 Å². The highest BCUT2D eigenvalue weighted by Gasteiger charge is 2.28. The summed E-state index contributed by atoms with van der Waals surface area (Å²) in [5.41, 5.74) is 3.34. The minimum Gasteiger partial charge on any atom is -0.497 e. The van der Waals surface area contributed by atoms with E-state index in [4.69, 9.17) is 4.74 Å². The Balaban J connectivity index is 1.27. The standard InChI is InChI=1S/C33H35N5O3/c1-25(26-10-5-3-6-11-26)38(33(40)28-14-16-29(41-2)17-15-28)24-32(39)37-21-9-20-36(22-23-37)31-19-18-30(34-35-31)27-12-7-4-8-13-27/h3-8,10-19,25H,9,20-24H2,1-2H3/t25-/m0/s1. The predicted octanol–water partition coefficient (Wildman–Crippen LogP) is 5.09. The van der Waals surface area contributed by atoms with Crippen LogP contribution in [0.1, 0.15) is 35.3 Å². The first kappa shape index (κ1) is 27.8. The van der Waals surface area contributed by atoms with E-state index in [9.17, 15) is 9.59 Å². The van der Waals surface area contributed by atoms with Crippen LogP contribution < -0.4 is 9.64 Å². The van der Waals surface area contributed by atoms with Crippen molar-refractivity contribution >= 4 is 17.6 Å². The van der Waals surface area contributed by atoms with Crippen molar-refractivity contribution in [2.75, 3.05) is 44.7 Å². The molecule has 41 heavy (non-hydrogen) atoms. The highest BCUT2D eigenvalue weighted by Crippen LogP contribution is 2.24. The molecule has 8 nitrogen and oxygen atoms in total. The summed E-state index contributed by atoms with van der Waals surface area (Å²) in [7, 11) is 1.59. The first-order valence-electron chi connectivity index (χ1n) is 14.0. The molecule has 0 unspecified atom stereocenters. The van der Waals surface area contributed by atoms with Crippen molar-refractivity contribution in [1.29, 1.82) is 0 Å². The van der Waals surface area contributed by atoms with Crippen LogP contribution in [0.5, 0.6) is 5.75 Å². The second-order valence-electron chi connectivity index (χ2n) is 10.1. The maximum absolute atomic E-state index is 13.7. The van der Waals surface area contributed by atoms with E-state index < -0.39 is 0 Å². The molecule has 1 saturated heterocycles. The van der Waals surface area contributed by atoms with E-state index in [2.05, 4.69) is 15.1 Å². The van der Waals surface area contributed by atoms with Gasteiger partial charge in [-0.05, 0) is 55.3 Å². The van der Waals surface area contributed by atoms with Crippen molar-refractivity contribution in [3.8, 4) is 17.0 Å². The average Bonchev–Trinajstić information content (AvgIpc) is 3.30. The Hall–Kier alpha value is -4.72. The second-order valence-corrected chi connectivity index (χ2v) is 10.1. The smallest absolute Gasteiger partial charge is 0.254 e. The number of carbonyl (C=O) groups is 2. The minimum absolute atomic E-state index is 0.00744. The third kappa shape index (κ3) is 6.72. The number of amides is 2. The number of anilines is 1. The molecule has 1 aliphatic rings. The number of carbonyl (C=O) groups excluding carboxylic acids is 2. The highest BCUT2D eigenvalue weighted by molar-refractivity contribution is 5.97. The Labute approximate surface area is 241 Å². The Morgan fingerprint density at radius 2 is 1.54 bits per heavy atom. The van der Waals surface area contributed by atoms with E-state index in [0.717, 1.165) is 35.6 Å². The SMILES string of the molecule is COc1ccc(C(=O)N(CC(=O)N2CCCN(c3ccc(-c4ccccc4)nn3)CC2)[C@@H](C)c2ccccc2)cc1. The first-order chi connectivity index (χ1) is 20.0. The van der Waals surface area contributed by atoms with Crippen LogP contribution in [-0.2, 0) is 4.79 Å². The van der Waals surface area contributed by atoms with Gasteiger partial charge in [0.2, 0.25) is 5.91 Å². The molecule has 0 spiro atoms. The van der Waals surface area contributed by atoms with E-state index in [0.29, 0.717) is 30.9 Å². The molecular weight excluding hydrogens is 514 g/mol. The van der Waals surface area contributed by atoms with E-state index in [1.807, 2.05) is 84.6 Å². The first-order valence-corrected chi connectivity index (χ1v) is 14.0. The number of aromatic nitrogens is 2. The molecule has 210 valence electrons. The normalized spacial score (nSPS) is 14.2. The van der Waals surface area contributed by atoms with Crippen LogP contribution in [-0.4, -0.2) is 71.6 Å². The molecule has 1 aliphatic heterocycles. The Morgan fingerprint density at radius 3 is 2.20 bits per heavy atom. The fourth-order valence-corrected chi connectivity index (χ4v) is 5.09. The third-order valence-electron chi connectivity index (χ3n) is 7.55. The van der Waals surface area contributed by atoms with Gasteiger partial charge in [-0.3, -0.25) is 9.59 Å². The van der Waals surface area contributed by atoms with Gasteiger partial charge in [-0.25, -0.2) is 0 Å². The zero-order valence-corrected chi connectivity index (χ0v) is 23.5. The number of hydrogen-bond acceptors (Lipinski definition) is 6. The van der Waals surface area contributed by atoms with Crippen LogP contribution in [0.4, 0.5) is 5.82 Å². The summed E-state index contributed by atoms with van der Waals surface area (Å²) in [5, 5.41) is 8.91. The summed E-state index contributed by atoms with van der Waals surface area (Å²) in [6, 6.07) is 30.5. The Bertz CT molecular complexity index is 1430. The molecule has 0 radical (unpaired) electrons. The van der Waals surface area contributed by atoms with E-state index in [1.54, 1.807) is 36.3 Å². The molecule has 4 aromatic rings. The lowest BCUT2D eigenvalue weighted by Gasteiger charge is -2.32. The zero-order valence-electron chi connectivity index (χ0n) is 23.5. The lowest BCUT2D eigenvalue weighted by atomic mass is 10.1. The van der Waals surface area contributed by atoms with Crippen LogP contribution in [0.2, 0.25) is 0 Å². The molecule has 8 heteroatoms. The number of benzene rings is 3. The molecule has 0 saturated carbocycles. The lowest BCUT2D eigenvalue weighted by molar-refractivity contribution is -0.132. The molecule has 1 aromatic heterocycles. The summed E-state index contributed by atoms with van der Waals surface area (Å²) in [4.78, 5) is 33.0. The average molecular weight is 550 g/mol. The summed E-state index contributed by atoms with van der Waals surface area (Å²) < 4.78 is 5.25. The van der Waals surface area contributed by atoms with Crippen LogP contribution in [0, 0.1) is 0 Å². The Kier molecular flexibility index (Phi) is 8.89. The van der Waals surface area contributed by atoms with Crippen molar-refractivity contribution in [2.45, 2.75) is 19.4 Å². The van der Waals surface area contributed by atoms with Crippen LogP contribution in [0.25, 0.3) is 11.3 Å². The van der Waals surface area contributed by atoms with Crippen molar-refractivity contribution in [2.24, 2.45) is 0 Å². The van der Waals surface area contributed by atoms with Gasteiger partial charge in [0.15, 0.2) is 5.82 Å². The zero-order chi connectivity index (χ0) is 28.6. The number of rotatable bonds is 8. The van der Waals surface area contributed by atoms with Crippen molar-refractivity contribution in [3.63, 3.8) is 0 Å². The van der Waals surface area contributed by atoms with Crippen LogP contribution >= 0.6 is 0 Å². The number of methoxy groups -OCH3 is 1. The molecule has 5 rings (SSSR count). The summed E-state index contributed by atoms with van der Waals surface area (Å²) >= 11 is 0. The third-order valence-corrected chi connectivity index (χ3v) is 7.55. The second kappa shape index (κ2) is 13.1. The Morgan fingerprint density at radius 1 is 0.829 bits per heavy atom. The van der Waals surface area contributed by atoms with Gasteiger partial charge in [0, 0.05) is 37.3 Å². The molecular formula is C33H35N5O3. The maximum Gasteiger partial charge on any atom is 0.254 e. The molecule has 1 atom stereocenters. The van der Waals surface area contributed by atoms with Gasteiger partial charge in [0.05, 0.1) is 18.8 Å². The molecule has 3 aromatic carbocycles. The summed E-state index contributed by atoms with van der Waals surface area (Å²) in [6.07, 6.45) is 0.800. The van der Waals surface area contributed by atoms with Gasteiger partial charge in [0.25, 0.3) is 5.91 Å². The molecule has 1 fully saturated rings. The lowest BCUT2D eigenvalue weighted by Crippen LogP contribution is -2.45. The number of ether oxygens (including phenoxy) is 1. The molecule has 2 amide bonds. The van der Waals surface area contributed by atoms with Gasteiger partial charge in [-0.15, -0.1) is 10.2 Å². The largest absolute Gasteiger partial charge is 0.497 e. The van der Waals surface area contributed by atoms with E-state index >= 15 is 0 Å². The van der Waals surface area contributed by atoms with Crippen LogP contribution in [0.15, 0.2) is 97.1 Å². The van der Waals surface area contributed by atoms with Crippen molar-refractivity contribution in [3.05, 3.63) is 108 Å². The van der Waals surface area contributed by atoms with Gasteiger partial charge >= 0.3 is 0 Å². The number of hydrogen-bond donors (Lipinski definition) is 0. The van der Waals surface area contributed by atoms with Crippen molar-refractivity contribution in [1.82, 2.24) is 20.0 Å². The predicted molar refractivity (Wildman–Crippen MR) is 160 cm³/mol. The number of nitrogens with zero attached hydrogens (tertiary/aromatic N) is 5. The minimum atomic E-state index is -0.281. The highest BCUT2D eigenvalue weighted by atomic mass is 16.5. The fraction of sp³-hybridized carbons (Fsp3) is 0.273. The van der Waals surface area contributed by atoms with Crippen molar-refractivity contribution < 1.29 is 14.3 Å². The van der Waals surface area contributed by atoms with Gasteiger partial charge in [0.1, 0.15) is 12.3 Å². The monoisotopic (exact) mass is 549 g/mol. The van der Waals surface area contributed by atoms with Gasteiger partial charge < -0.3 is 19.4 Å². The summed E-state index contributed by atoms with van der Waals surface area (Å²) in [6.45, 7) is 4.54. The molecule has 0 N–H and O–H groups in total. The van der Waals surface area contributed by atoms with E-state index in [-0.39, 0.29) is 24.4 Å². The molecule has 0 bridgehead atoms. The van der Waals surface area contributed by atoms with Crippen LogP contribution in [0.3, 0.4) is 0 Å². The van der Waals surface area contributed by atoms with Gasteiger partial charge in [-0.2, -0.15) is 0 Å². The van der Waals surface area contributed by atoms with Gasteiger partial charge in [-0.1, -0.05) is 60.7 Å². The molecule has 2 heterocycles. The maximum atomic E-state index is 13.7. The van der Waals surface area contributed by atoms with E-state index in [1.165, 1.54) is 0 Å². The fourth-order valence-electron chi connectivity index (χ4n) is 5.09. The quantitative estimate of drug-likeness (QED) is 0.305. The molecule has 0 aliphatic carbocycles.